The third-order valence-electron chi connectivity index (χ3n) is 9.99. The monoisotopic (exact) mass is 544 g/mol. The molecule has 1 saturated heterocycles. The molecule has 0 radical (unpaired) electrons. The Kier molecular flexibility index (Phi) is 7.71. The van der Waals surface area contributed by atoms with E-state index in [1.165, 1.54) is 38.5 Å². The van der Waals surface area contributed by atoms with Crippen molar-refractivity contribution in [2.45, 2.75) is 69.9 Å². The van der Waals surface area contributed by atoms with Gasteiger partial charge in [0, 0.05) is 37.8 Å². The summed E-state index contributed by atoms with van der Waals surface area (Å²) in [5, 5.41) is 19.2. The zero-order chi connectivity index (χ0) is 27.7. The molecule has 4 aliphatic carbocycles. The molecular formula is C32H44N6O2. The maximum Gasteiger partial charge on any atom is 0.251 e. The minimum Gasteiger partial charge on any atom is -0.370 e. The molecule has 5 aliphatic rings. The second-order valence-electron chi connectivity index (χ2n) is 13.1. The van der Waals surface area contributed by atoms with Crippen LogP contribution < -0.4 is 21.7 Å². The average molecular weight is 545 g/mol. The molecule has 40 heavy (non-hydrogen) atoms. The van der Waals surface area contributed by atoms with Gasteiger partial charge in [-0.05, 0) is 104 Å². The molecule has 2 aromatic carbocycles. The summed E-state index contributed by atoms with van der Waals surface area (Å²) in [6.07, 6.45) is 10.3. The van der Waals surface area contributed by atoms with E-state index in [9.17, 15) is 9.59 Å². The van der Waals surface area contributed by atoms with E-state index in [1.807, 2.05) is 42.5 Å². The van der Waals surface area contributed by atoms with Gasteiger partial charge < -0.3 is 26.6 Å². The Hall–Kier alpha value is -3.13. The number of guanidine groups is 1. The third-order valence-corrected chi connectivity index (χ3v) is 9.99. The highest BCUT2D eigenvalue weighted by Crippen LogP contribution is 2.60. The number of rotatable bonds is 9. The zero-order valence-corrected chi connectivity index (χ0v) is 23.5. The van der Waals surface area contributed by atoms with Crippen molar-refractivity contribution >= 4 is 28.5 Å². The largest absolute Gasteiger partial charge is 0.370 e. The van der Waals surface area contributed by atoms with E-state index in [-0.39, 0.29) is 29.9 Å². The van der Waals surface area contributed by atoms with Gasteiger partial charge in [-0.1, -0.05) is 30.3 Å². The molecule has 8 heteroatoms. The number of carbonyl (C=O) groups excluding carboxylic acids is 2. The van der Waals surface area contributed by atoms with Gasteiger partial charge in [-0.2, -0.15) is 0 Å². The van der Waals surface area contributed by atoms with Crippen LogP contribution in [-0.2, 0) is 4.79 Å². The molecule has 1 aliphatic heterocycles. The summed E-state index contributed by atoms with van der Waals surface area (Å²) in [5.74, 6) is 2.64. The molecule has 2 aromatic rings. The van der Waals surface area contributed by atoms with Crippen molar-refractivity contribution < 1.29 is 9.59 Å². The fraction of sp³-hybridized carbons (Fsp3) is 0.594. The van der Waals surface area contributed by atoms with E-state index in [4.69, 9.17) is 11.1 Å². The highest BCUT2D eigenvalue weighted by Gasteiger charge is 2.52. The standard InChI is InChI=1S/C32H44N6O2/c33-31(34)35-10-3-6-28-30(40)38(20-32-16-21-12-22(17-32)14-23(13-21)18-32)11-9-27(37-28)19-36-29(39)26-8-7-24-4-1-2-5-25(24)15-26/h1-2,4-5,7-8,15,21-23,27-28,37H,3,6,9-14,16-20H2,(H,36,39)(H4,33,34,35)/t21?,22?,23?,27-,28-,32?/m0/s1. The van der Waals surface area contributed by atoms with E-state index in [2.05, 4.69) is 20.9 Å². The van der Waals surface area contributed by atoms with Gasteiger partial charge in [0.15, 0.2) is 5.96 Å². The van der Waals surface area contributed by atoms with Gasteiger partial charge in [0.25, 0.3) is 5.91 Å². The number of carbonyl (C=O) groups is 2. The summed E-state index contributed by atoms with van der Waals surface area (Å²) in [7, 11) is 0. The van der Waals surface area contributed by atoms with Crippen molar-refractivity contribution in [1.29, 1.82) is 5.41 Å². The van der Waals surface area contributed by atoms with Gasteiger partial charge in [-0.25, -0.2) is 0 Å². The van der Waals surface area contributed by atoms with Crippen LogP contribution in [0.3, 0.4) is 0 Å². The van der Waals surface area contributed by atoms with Gasteiger partial charge >= 0.3 is 0 Å². The number of fused-ring (bicyclic) bond motifs is 1. The Morgan fingerprint density at radius 3 is 2.42 bits per heavy atom. The van der Waals surface area contributed by atoms with E-state index in [0.717, 1.165) is 54.5 Å². The van der Waals surface area contributed by atoms with E-state index >= 15 is 0 Å². The Morgan fingerprint density at radius 2 is 1.73 bits per heavy atom. The number of hydrogen-bond donors (Lipinski definition) is 5. The fourth-order valence-electron chi connectivity index (χ4n) is 8.67. The van der Waals surface area contributed by atoms with Crippen LogP contribution in [0.25, 0.3) is 10.8 Å². The molecule has 2 amide bonds. The molecule has 1 heterocycles. The van der Waals surface area contributed by atoms with Crippen LogP contribution in [0, 0.1) is 28.6 Å². The van der Waals surface area contributed by atoms with Crippen molar-refractivity contribution in [1.82, 2.24) is 20.9 Å². The van der Waals surface area contributed by atoms with Crippen molar-refractivity contribution in [2.75, 3.05) is 26.2 Å². The minimum atomic E-state index is -0.298. The Morgan fingerprint density at radius 1 is 1.02 bits per heavy atom. The Balaban J connectivity index is 1.12. The minimum absolute atomic E-state index is 0.0143. The molecule has 6 N–H and O–H groups in total. The van der Waals surface area contributed by atoms with Crippen molar-refractivity contribution in [2.24, 2.45) is 28.9 Å². The fourth-order valence-corrected chi connectivity index (χ4v) is 8.67. The van der Waals surface area contributed by atoms with E-state index in [0.29, 0.717) is 30.5 Å². The van der Waals surface area contributed by atoms with Crippen LogP contribution in [-0.4, -0.2) is 60.9 Å². The Labute approximate surface area is 237 Å². The molecule has 2 atom stereocenters. The van der Waals surface area contributed by atoms with Crippen LogP contribution in [0.2, 0.25) is 0 Å². The van der Waals surface area contributed by atoms with E-state index < -0.39 is 0 Å². The summed E-state index contributed by atoms with van der Waals surface area (Å²) in [6.45, 7) is 2.66. The van der Waals surface area contributed by atoms with Gasteiger partial charge in [-0.15, -0.1) is 0 Å². The summed E-state index contributed by atoms with van der Waals surface area (Å²) in [5.41, 5.74) is 6.41. The number of benzene rings is 2. The molecule has 8 nitrogen and oxygen atoms in total. The maximum absolute atomic E-state index is 13.9. The lowest BCUT2D eigenvalue weighted by molar-refractivity contribution is -0.138. The molecule has 5 fully saturated rings. The first-order chi connectivity index (χ1) is 19.4. The van der Waals surface area contributed by atoms with Crippen LogP contribution >= 0.6 is 0 Å². The summed E-state index contributed by atoms with van der Waals surface area (Å²) < 4.78 is 0. The first kappa shape index (κ1) is 27.1. The number of amides is 2. The van der Waals surface area contributed by atoms with Crippen molar-refractivity contribution in [3.8, 4) is 0 Å². The van der Waals surface area contributed by atoms with Gasteiger partial charge in [0.2, 0.25) is 5.91 Å². The third kappa shape index (κ3) is 5.97. The lowest BCUT2D eigenvalue weighted by Gasteiger charge is -2.58. The van der Waals surface area contributed by atoms with Crippen LogP contribution in [0.15, 0.2) is 42.5 Å². The lowest BCUT2D eigenvalue weighted by Crippen LogP contribution is -2.54. The van der Waals surface area contributed by atoms with Gasteiger partial charge in [0.1, 0.15) is 0 Å². The second kappa shape index (κ2) is 11.4. The number of nitrogens with zero attached hydrogens (tertiary/aromatic N) is 1. The molecule has 0 unspecified atom stereocenters. The molecule has 0 spiro atoms. The van der Waals surface area contributed by atoms with Crippen LogP contribution in [0.1, 0.15) is 68.1 Å². The SMILES string of the molecule is N=C(N)NCCC[C@@H]1N[C@H](CNC(=O)c2ccc3ccccc3c2)CCN(CC23CC4CC(CC(C4)C2)C3)C1=O. The predicted molar refractivity (Wildman–Crippen MR) is 158 cm³/mol. The second-order valence-corrected chi connectivity index (χ2v) is 13.1. The molecule has 7 rings (SSSR count). The predicted octanol–water partition coefficient (Wildman–Crippen LogP) is 3.61. The topological polar surface area (TPSA) is 123 Å². The molecule has 4 saturated carbocycles. The quantitative estimate of drug-likeness (QED) is 0.188. The molecule has 0 aromatic heterocycles. The van der Waals surface area contributed by atoms with E-state index in [1.54, 1.807) is 0 Å². The maximum atomic E-state index is 13.9. The molecule has 214 valence electrons. The number of nitrogens with two attached hydrogens (primary N) is 1. The summed E-state index contributed by atoms with van der Waals surface area (Å²) in [6, 6.07) is 13.6. The first-order valence-corrected chi connectivity index (χ1v) is 15.3. The summed E-state index contributed by atoms with van der Waals surface area (Å²) in [4.78, 5) is 29.1. The normalized spacial score (nSPS) is 31.2. The number of hydrogen-bond acceptors (Lipinski definition) is 4. The number of nitrogens with one attached hydrogen (secondary N) is 4. The smallest absolute Gasteiger partial charge is 0.251 e. The van der Waals surface area contributed by atoms with Crippen LogP contribution in [0.4, 0.5) is 0 Å². The first-order valence-electron chi connectivity index (χ1n) is 15.3. The van der Waals surface area contributed by atoms with Gasteiger partial charge in [0.05, 0.1) is 6.04 Å². The Bertz CT molecular complexity index is 1230. The van der Waals surface area contributed by atoms with Gasteiger partial charge in [-0.3, -0.25) is 15.0 Å². The van der Waals surface area contributed by atoms with Crippen molar-refractivity contribution in [3.05, 3.63) is 48.0 Å². The van der Waals surface area contributed by atoms with Crippen molar-refractivity contribution in [3.63, 3.8) is 0 Å². The molecule has 4 bridgehead atoms. The van der Waals surface area contributed by atoms with Crippen LogP contribution in [0.5, 0.6) is 0 Å². The highest BCUT2D eigenvalue weighted by molar-refractivity contribution is 5.98. The lowest BCUT2D eigenvalue weighted by atomic mass is 9.49. The highest BCUT2D eigenvalue weighted by atomic mass is 16.2. The molecular weight excluding hydrogens is 500 g/mol. The summed E-state index contributed by atoms with van der Waals surface area (Å²) >= 11 is 0. The zero-order valence-electron chi connectivity index (χ0n) is 23.5. The average Bonchev–Trinajstić information content (AvgIpc) is 3.06.